The Morgan fingerprint density at radius 1 is 1.17 bits per heavy atom. The van der Waals surface area contributed by atoms with Gasteiger partial charge in [0.25, 0.3) is 5.91 Å². The van der Waals surface area contributed by atoms with Crippen molar-refractivity contribution in [1.82, 2.24) is 19.9 Å². The summed E-state index contributed by atoms with van der Waals surface area (Å²) in [7, 11) is 1.62. The zero-order valence-corrected chi connectivity index (χ0v) is 13.9. The Bertz CT molecular complexity index is 838. The van der Waals surface area contributed by atoms with Crippen LogP contribution in [0.5, 0.6) is 0 Å². The Hall–Kier alpha value is -2.89. The van der Waals surface area contributed by atoms with Crippen LogP contribution < -0.4 is 10.6 Å². The molecule has 6 heteroatoms. The van der Waals surface area contributed by atoms with Crippen LogP contribution in [0.15, 0.2) is 42.6 Å². The van der Waals surface area contributed by atoms with Gasteiger partial charge in [-0.15, -0.1) is 5.10 Å². The zero-order valence-electron chi connectivity index (χ0n) is 13.9. The van der Waals surface area contributed by atoms with Crippen LogP contribution in [0.1, 0.15) is 30.1 Å². The lowest BCUT2D eigenvalue weighted by Gasteiger charge is -2.07. The van der Waals surface area contributed by atoms with Crippen molar-refractivity contribution in [3.8, 4) is 11.3 Å². The molecule has 0 fully saturated rings. The molecule has 0 bridgehead atoms. The number of rotatable bonds is 6. The number of imidazole rings is 1. The molecule has 1 aromatic carbocycles. The maximum absolute atomic E-state index is 11.6. The van der Waals surface area contributed by atoms with Crippen LogP contribution in [-0.2, 0) is 0 Å². The second kappa shape index (κ2) is 7.12. The molecule has 2 heterocycles. The van der Waals surface area contributed by atoms with Gasteiger partial charge in [-0.2, -0.15) is 0 Å². The molecule has 124 valence electrons. The van der Waals surface area contributed by atoms with Gasteiger partial charge in [0.2, 0.25) is 0 Å². The van der Waals surface area contributed by atoms with Crippen molar-refractivity contribution in [3.05, 3.63) is 48.2 Å². The minimum Gasteiger partial charge on any atom is -0.369 e. The van der Waals surface area contributed by atoms with Gasteiger partial charge in [-0.25, -0.2) is 9.50 Å². The summed E-state index contributed by atoms with van der Waals surface area (Å²) >= 11 is 0. The predicted molar refractivity (Wildman–Crippen MR) is 95.2 cm³/mol. The first kappa shape index (κ1) is 16.0. The first-order valence-electron chi connectivity index (χ1n) is 8.14. The highest BCUT2D eigenvalue weighted by Crippen LogP contribution is 2.21. The topological polar surface area (TPSA) is 71.3 Å². The monoisotopic (exact) mass is 323 g/mol. The zero-order chi connectivity index (χ0) is 16.9. The van der Waals surface area contributed by atoms with Gasteiger partial charge in [-0.05, 0) is 30.7 Å². The fourth-order valence-electron chi connectivity index (χ4n) is 2.49. The third-order valence-corrected chi connectivity index (χ3v) is 3.87. The van der Waals surface area contributed by atoms with Crippen molar-refractivity contribution in [3.63, 3.8) is 0 Å². The van der Waals surface area contributed by atoms with Crippen molar-refractivity contribution < 1.29 is 4.79 Å². The van der Waals surface area contributed by atoms with Crippen LogP contribution in [0.3, 0.4) is 0 Å². The molecule has 0 unspecified atom stereocenters. The molecule has 0 saturated carbocycles. The molecule has 6 nitrogen and oxygen atoms in total. The minimum absolute atomic E-state index is 0.0970. The van der Waals surface area contributed by atoms with Gasteiger partial charge in [-0.3, -0.25) is 4.79 Å². The quantitative estimate of drug-likeness (QED) is 0.684. The van der Waals surface area contributed by atoms with Crippen molar-refractivity contribution >= 4 is 17.4 Å². The number of carbonyl (C=O) groups excluding carboxylic acids is 1. The molecular formula is C18H21N5O. The predicted octanol–water partition coefficient (Wildman–Crippen LogP) is 2.97. The van der Waals surface area contributed by atoms with Gasteiger partial charge in [0.1, 0.15) is 5.82 Å². The van der Waals surface area contributed by atoms with E-state index in [1.54, 1.807) is 25.4 Å². The van der Waals surface area contributed by atoms with E-state index < -0.39 is 0 Å². The summed E-state index contributed by atoms with van der Waals surface area (Å²) in [6, 6.07) is 11.3. The molecule has 0 aliphatic heterocycles. The summed E-state index contributed by atoms with van der Waals surface area (Å²) < 4.78 is 1.82. The smallest absolute Gasteiger partial charge is 0.251 e. The van der Waals surface area contributed by atoms with Crippen LogP contribution >= 0.6 is 0 Å². The van der Waals surface area contributed by atoms with E-state index in [1.165, 1.54) is 0 Å². The number of nitrogens with zero attached hydrogens (tertiary/aromatic N) is 3. The number of hydrogen-bond acceptors (Lipinski definition) is 4. The van der Waals surface area contributed by atoms with Crippen LogP contribution in [0, 0.1) is 0 Å². The Balaban J connectivity index is 1.91. The molecule has 0 radical (unpaired) electrons. The molecule has 0 aliphatic rings. The normalized spacial score (nSPS) is 10.8. The Kier molecular flexibility index (Phi) is 4.74. The maximum atomic E-state index is 11.6. The largest absolute Gasteiger partial charge is 0.369 e. The van der Waals surface area contributed by atoms with E-state index in [0.717, 1.165) is 42.1 Å². The number of benzene rings is 1. The van der Waals surface area contributed by atoms with Crippen LogP contribution in [-0.4, -0.2) is 34.1 Å². The van der Waals surface area contributed by atoms with Gasteiger partial charge >= 0.3 is 0 Å². The van der Waals surface area contributed by atoms with E-state index in [4.69, 9.17) is 0 Å². The molecule has 0 aliphatic carbocycles. The second-order valence-electron chi connectivity index (χ2n) is 5.57. The third-order valence-electron chi connectivity index (χ3n) is 3.87. The van der Waals surface area contributed by atoms with E-state index >= 15 is 0 Å². The van der Waals surface area contributed by atoms with Gasteiger partial charge in [0, 0.05) is 24.7 Å². The number of nitrogens with one attached hydrogen (secondary N) is 2. The van der Waals surface area contributed by atoms with E-state index in [-0.39, 0.29) is 5.91 Å². The van der Waals surface area contributed by atoms with E-state index in [0.29, 0.717) is 5.56 Å². The van der Waals surface area contributed by atoms with Gasteiger partial charge in [-0.1, -0.05) is 25.5 Å². The van der Waals surface area contributed by atoms with Crippen molar-refractivity contribution in [2.75, 3.05) is 18.9 Å². The number of hydrogen-bond donors (Lipinski definition) is 2. The summed E-state index contributed by atoms with van der Waals surface area (Å²) in [5.74, 6) is 0.734. The van der Waals surface area contributed by atoms with Crippen molar-refractivity contribution in [2.24, 2.45) is 0 Å². The average Bonchev–Trinajstić information content (AvgIpc) is 3.04. The molecular weight excluding hydrogens is 302 g/mol. The van der Waals surface area contributed by atoms with Gasteiger partial charge in [0.15, 0.2) is 5.65 Å². The second-order valence-corrected chi connectivity index (χ2v) is 5.57. The first-order chi connectivity index (χ1) is 11.7. The summed E-state index contributed by atoms with van der Waals surface area (Å²) in [6.07, 6.45) is 4.05. The number of carbonyl (C=O) groups is 1. The molecule has 24 heavy (non-hydrogen) atoms. The van der Waals surface area contributed by atoms with E-state index in [2.05, 4.69) is 27.6 Å². The molecule has 2 N–H and O–H groups in total. The molecule has 0 spiro atoms. The van der Waals surface area contributed by atoms with E-state index in [1.807, 2.05) is 28.8 Å². The number of unbranched alkanes of at least 4 members (excludes halogenated alkanes) is 1. The van der Waals surface area contributed by atoms with Crippen LogP contribution in [0.4, 0.5) is 5.82 Å². The number of anilines is 1. The molecule has 3 rings (SSSR count). The SMILES string of the molecule is CCCCNc1ccc2ncc(-c3ccc(C(=O)NC)cc3)n2n1. The highest BCUT2D eigenvalue weighted by atomic mass is 16.1. The fraction of sp³-hybridized carbons (Fsp3) is 0.278. The lowest BCUT2D eigenvalue weighted by atomic mass is 10.1. The fourth-order valence-corrected chi connectivity index (χ4v) is 2.49. The number of aromatic nitrogens is 3. The highest BCUT2D eigenvalue weighted by molar-refractivity contribution is 5.94. The van der Waals surface area contributed by atoms with E-state index in [9.17, 15) is 4.79 Å². The van der Waals surface area contributed by atoms with Gasteiger partial charge < -0.3 is 10.6 Å². The summed E-state index contributed by atoms with van der Waals surface area (Å²) in [5, 5.41) is 10.6. The van der Waals surface area contributed by atoms with Crippen LogP contribution in [0.25, 0.3) is 16.9 Å². The first-order valence-corrected chi connectivity index (χ1v) is 8.14. The van der Waals surface area contributed by atoms with Crippen LogP contribution in [0.2, 0.25) is 0 Å². The summed E-state index contributed by atoms with van der Waals surface area (Å²) in [6.45, 7) is 3.06. The van der Waals surface area contributed by atoms with Gasteiger partial charge in [0.05, 0.1) is 11.9 Å². The standard InChI is InChI=1S/C18H21N5O/c1-3-4-11-20-16-9-10-17-21-12-15(23(17)22-16)13-5-7-14(8-6-13)18(24)19-2/h5-10,12H,3-4,11H2,1-2H3,(H,19,24)(H,20,22). The lowest BCUT2D eigenvalue weighted by Crippen LogP contribution is -2.17. The van der Waals surface area contributed by atoms with Crippen molar-refractivity contribution in [1.29, 1.82) is 0 Å². The summed E-state index contributed by atoms with van der Waals surface area (Å²) in [4.78, 5) is 16.0. The molecule has 0 saturated heterocycles. The molecule has 0 atom stereocenters. The average molecular weight is 323 g/mol. The molecule has 1 amide bonds. The molecule has 2 aromatic heterocycles. The third kappa shape index (κ3) is 3.22. The lowest BCUT2D eigenvalue weighted by molar-refractivity contribution is 0.0963. The Morgan fingerprint density at radius 2 is 1.96 bits per heavy atom. The highest BCUT2D eigenvalue weighted by Gasteiger charge is 2.09. The number of fused-ring (bicyclic) bond motifs is 1. The van der Waals surface area contributed by atoms with Crippen molar-refractivity contribution in [2.45, 2.75) is 19.8 Å². The Morgan fingerprint density at radius 3 is 2.67 bits per heavy atom. The maximum Gasteiger partial charge on any atom is 0.251 e. The number of amides is 1. The molecule has 3 aromatic rings. The minimum atomic E-state index is -0.0970. The Labute approximate surface area is 140 Å². The summed E-state index contributed by atoms with van der Waals surface area (Å²) in [5.41, 5.74) is 3.28.